The maximum Gasteiger partial charge on any atom is 0.416 e. The first kappa shape index (κ1) is 12.1. The number of aliphatic hydroxyl groups excluding tert-OH is 1. The maximum absolute atomic E-state index is 12.3. The summed E-state index contributed by atoms with van der Waals surface area (Å²) in [5, 5.41) is 17.2. The molecule has 0 aromatic rings. The lowest BCUT2D eigenvalue weighted by Gasteiger charge is -2.36. The molecule has 0 bridgehead atoms. The molecule has 2 atom stereocenters. The lowest BCUT2D eigenvalue weighted by atomic mass is 10.2. The summed E-state index contributed by atoms with van der Waals surface area (Å²) < 4.78 is 41.3. The minimum atomic E-state index is -4.62. The van der Waals surface area contributed by atoms with Crippen LogP contribution in [0.25, 0.3) is 0 Å². The number of hydrogen-bond acceptors (Lipinski definition) is 3. The molecule has 1 heterocycles. The molecule has 88 valence electrons. The largest absolute Gasteiger partial charge is 0.465 e. The Labute approximate surface area is 83.0 Å². The van der Waals surface area contributed by atoms with E-state index in [0.29, 0.717) is 4.90 Å². The molecule has 0 unspecified atom stereocenters. The van der Waals surface area contributed by atoms with Crippen LogP contribution in [0, 0.1) is 0 Å². The highest BCUT2D eigenvalue weighted by molar-refractivity contribution is 5.65. The highest BCUT2D eigenvalue weighted by atomic mass is 19.4. The van der Waals surface area contributed by atoms with Crippen molar-refractivity contribution in [1.82, 2.24) is 4.90 Å². The molecule has 15 heavy (non-hydrogen) atoms. The maximum atomic E-state index is 12.3. The minimum absolute atomic E-state index is 0.252. The van der Waals surface area contributed by atoms with Gasteiger partial charge in [0.05, 0.1) is 25.8 Å². The first-order valence-corrected chi connectivity index (χ1v) is 4.15. The summed E-state index contributed by atoms with van der Waals surface area (Å²) in [5.41, 5.74) is 0. The molecule has 5 nitrogen and oxygen atoms in total. The van der Waals surface area contributed by atoms with Crippen LogP contribution < -0.4 is 0 Å². The standard InChI is InChI=1S/C7H10F3NO4/c8-7(9,10)5-2-11(6(13)14)1-4(3-12)15-5/h4-5,12H,1-3H2,(H,13,14)/t4-,5+/m0/s1. The predicted molar refractivity (Wildman–Crippen MR) is 41.4 cm³/mol. The van der Waals surface area contributed by atoms with Gasteiger partial charge in [-0.05, 0) is 0 Å². The van der Waals surface area contributed by atoms with E-state index in [4.69, 9.17) is 10.2 Å². The van der Waals surface area contributed by atoms with E-state index in [1.807, 2.05) is 0 Å². The fourth-order valence-corrected chi connectivity index (χ4v) is 1.28. The Kier molecular flexibility index (Phi) is 3.40. The van der Waals surface area contributed by atoms with Gasteiger partial charge in [0, 0.05) is 0 Å². The highest BCUT2D eigenvalue weighted by Crippen LogP contribution is 2.27. The Morgan fingerprint density at radius 2 is 2.07 bits per heavy atom. The van der Waals surface area contributed by atoms with Gasteiger partial charge < -0.3 is 19.8 Å². The number of alkyl halides is 3. The van der Waals surface area contributed by atoms with Crippen LogP contribution in [-0.2, 0) is 4.74 Å². The van der Waals surface area contributed by atoms with Crippen LogP contribution in [-0.4, -0.2) is 59.3 Å². The van der Waals surface area contributed by atoms with E-state index in [1.54, 1.807) is 0 Å². The molecule has 1 amide bonds. The Morgan fingerprint density at radius 1 is 1.47 bits per heavy atom. The van der Waals surface area contributed by atoms with Crippen molar-refractivity contribution in [3.63, 3.8) is 0 Å². The molecule has 0 radical (unpaired) electrons. The molecule has 0 aliphatic carbocycles. The van der Waals surface area contributed by atoms with Crippen molar-refractivity contribution in [2.75, 3.05) is 19.7 Å². The summed E-state index contributed by atoms with van der Waals surface area (Å²) in [6.07, 6.45) is -9.37. The Balaban J connectivity index is 2.71. The number of morpholine rings is 1. The van der Waals surface area contributed by atoms with Gasteiger partial charge in [0.25, 0.3) is 0 Å². The number of ether oxygens (including phenoxy) is 1. The van der Waals surface area contributed by atoms with Crippen LogP contribution in [0.15, 0.2) is 0 Å². The quantitative estimate of drug-likeness (QED) is 0.678. The number of amides is 1. The first-order valence-electron chi connectivity index (χ1n) is 4.15. The number of carboxylic acid groups (broad SMARTS) is 1. The summed E-state index contributed by atoms with van der Waals surface area (Å²) in [4.78, 5) is 11.1. The third kappa shape index (κ3) is 2.96. The minimum Gasteiger partial charge on any atom is -0.465 e. The number of rotatable bonds is 1. The van der Waals surface area contributed by atoms with Crippen molar-refractivity contribution < 1.29 is 32.9 Å². The molecule has 2 N–H and O–H groups in total. The van der Waals surface area contributed by atoms with Gasteiger partial charge in [-0.3, -0.25) is 0 Å². The molecule has 1 fully saturated rings. The zero-order valence-electron chi connectivity index (χ0n) is 7.57. The van der Waals surface area contributed by atoms with Crippen molar-refractivity contribution in [2.45, 2.75) is 18.4 Å². The van der Waals surface area contributed by atoms with Crippen LogP contribution in [0.3, 0.4) is 0 Å². The third-order valence-corrected chi connectivity index (χ3v) is 2.01. The fourth-order valence-electron chi connectivity index (χ4n) is 1.28. The van der Waals surface area contributed by atoms with Gasteiger partial charge in [-0.1, -0.05) is 0 Å². The van der Waals surface area contributed by atoms with Crippen molar-refractivity contribution in [3.05, 3.63) is 0 Å². The molecule has 1 aliphatic heterocycles. The molecule has 1 rings (SSSR count). The molecule has 0 spiro atoms. The topological polar surface area (TPSA) is 70.0 Å². The van der Waals surface area contributed by atoms with E-state index < -0.39 is 37.6 Å². The van der Waals surface area contributed by atoms with E-state index in [-0.39, 0.29) is 6.54 Å². The van der Waals surface area contributed by atoms with E-state index in [1.165, 1.54) is 0 Å². The number of halogens is 3. The number of hydrogen-bond donors (Lipinski definition) is 2. The first-order chi connectivity index (χ1) is 6.84. The zero-order chi connectivity index (χ0) is 11.6. The second-order valence-corrected chi connectivity index (χ2v) is 3.16. The van der Waals surface area contributed by atoms with Gasteiger partial charge in [0.15, 0.2) is 6.10 Å². The van der Waals surface area contributed by atoms with Crippen molar-refractivity contribution in [3.8, 4) is 0 Å². The molecule has 0 saturated carbocycles. The van der Waals surface area contributed by atoms with Crippen LogP contribution >= 0.6 is 0 Å². The monoisotopic (exact) mass is 229 g/mol. The van der Waals surface area contributed by atoms with Crippen molar-refractivity contribution >= 4 is 6.09 Å². The van der Waals surface area contributed by atoms with Gasteiger partial charge in [-0.2, -0.15) is 13.2 Å². The summed E-state index contributed by atoms with van der Waals surface area (Å²) in [6, 6.07) is 0. The van der Waals surface area contributed by atoms with Gasteiger partial charge in [-0.25, -0.2) is 4.79 Å². The van der Waals surface area contributed by atoms with Crippen LogP contribution in [0.4, 0.5) is 18.0 Å². The van der Waals surface area contributed by atoms with Gasteiger partial charge in [0.2, 0.25) is 0 Å². The number of carbonyl (C=O) groups is 1. The highest BCUT2D eigenvalue weighted by Gasteiger charge is 2.46. The zero-order valence-corrected chi connectivity index (χ0v) is 7.57. The molecule has 8 heteroatoms. The van der Waals surface area contributed by atoms with Crippen molar-refractivity contribution in [1.29, 1.82) is 0 Å². The average Bonchev–Trinajstić information content (AvgIpc) is 2.15. The normalized spacial score (nSPS) is 27.9. The van der Waals surface area contributed by atoms with Crippen LogP contribution in [0.1, 0.15) is 0 Å². The lowest BCUT2D eigenvalue weighted by molar-refractivity contribution is -0.253. The van der Waals surface area contributed by atoms with Gasteiger partial charge in [-0.15, -0.1) is 0 Å². The summed E-state index contributed by atoms with van der Waals surface area (Å²) in [6.45, 7) is -1.65. The molecular weight excluding hydrogens is 219 g/mol. The van der Waals surface area contributed by atoms with Crippen LogP contribution in [0.2, 0.25) is 0 Å². The predicted octanol–water partition coefficient (Wildman–Crippen LogP) is 0.288. The number of nitrogens with zero attached hydrogens (tertiary/aromatic N) is 1. The van der Waals surface area contributed by atoms with Gasteiger partial charge in [0.1, 0.15) is 0 Å². The SMILES string of the molecule is O=C(O)N1C[C@@H](CO)O[C@@H](C(F)(F)F)C1. The smallest absolute Gasteiger partial charge is 0.416 e. The third-order valence-electron chi connectivity index (χ3n) is 2.01. The molecule has 0 aromatic heterocycles. The second kappa shape index (κ2) is 4.23. The summed E-state index contributed by atoms with van der Waals surface area (Å²) >= 11 is 0. The molecule has 1 aliphatic rings. The van der Waals surface area contributed by atoms with E-state index in [0.717, 1.165) is 0 Å². The van der Waals surface area contributed by atoms with Gasteiger partial charge >= 0.3 is 12.3 Å². The Bertz CT molecular complexity index is 245. The fraction of sp³-hybridized carbons (Fsp3) is 0.857. The molecule has 1 saturated heterocycles. The van der Waals surface area contributed by atoms with E-state index >= 15 is 0 Å². The average molecular weight is 229 g/mol. The number of aliphatic hydroxyl groups is 1. The Morgan fingerprint density at radius 3 is 2.47 bits per heavy atom. The lowest BCUT2D eigenvalue weighted by Crippen LogP contribution is -2.55. The second-order valence-electron chi connectivity index (χ2n) is 3.16. The molecular formula is C7H10F3NO4. The van der Waals surface area contributed by atoms with E-state index in [9.17, 15) is 18.0 Å². The molecule has 0 aromatic carbocycles. The van der Waals surface area contributed by atoms with E-state index in [2.05, 4.69) is 4.74 Å². The summed E-state index contributed by atoms with van der Waals surface area (Å²) in [5.74, 6) is 0. The van der Waals surface area contributed by atoms with Crippen molar-refractivity contribution in [2.24, 2.45) is 0 Å². The summed E-state index contributed by atoms with van der Waals surface area (Å²) in [7, 11) is 0. The Hall–Kier alpha value is -1.02. The van der Waals surface area contributed by atoms with Crippen LogP contribution in [0.5, 0.6) is 0 Å².